The first-order chi connectivity index (χ1) is 7.59. The smallest absolute Gasteiger partial charge is 0.213 e. The number of rotatable bonds is 5. The van der Waals surface area contributed by atoms with Gasteiger partial charge in [-0.05, 0) is 12.5 Å². The molecule has 0 aliphatic rings. The van der Waals surface area contributed by atoms with E-state index >= 15 is 0 Å². The molecule has 1 N–H and O–H groups in total. The Labute approximate surface area is 95.2 Å². The SMILES string of the molecule is CCCS(=O)(=O)NC(C#N)c1cccnc1. The van der Waals surface area contributed by atoms with Crippen molar-refractivity contribution in [1.29, 1.82) is 5.26 Å². The van der Waals surface area contributed by atoms with E-state index < -0.39 is 16.1 Å². The van der Waals surface area contributed by atoms with Crippen LogP contribution in [0.15, 0.2) is 24.5 Å². The first-order valence-electron chi connectivity index (χ1n) is 4.88. The first kappa shape index (κ1) is 12.6. The average Bonchev–Trinajstić information content (AvgIpc) is 2.27. The average molecular weight is 239 g/mol. The van der Waals surface area contributed by atoms with E-state index in [4.69, 9.17) is 5.26 Å². The molecule has 1 rings (SSSR count). The fraction of sp³-hybridized carbons (Fsp3) is 0.400. The van der Waals surface area contributed by atoms with Crippen molar-refractivity contribution in [2.24, 2.45) is 0 Å². The minimum absolute atomic E-state index is 0.0193. The largest absolute Gasteiger partial charge is 0.264 e. The summed E-state index contributed by atoms with van der Waals surface area (Å²) in [6, 6.07) is 4.36. The van der Waals surface area contributed by atoms with E-state index in [1.807, 2.05) is 6.07 Å². The highest BCUT2D eigenvalue weighted by Crippen LogP contribution is 2.11. The maximum absolute atomic E-state index is 11.5. The summed E-state index contributed by atoms with van der Waals surface area (Å²) in [5, 5.41) is 8.91. The molecule has 0 aliphatic carbocycles. The highest BCUT2D eigenvalue weighted by atomic mass is 32.2. The van der Waals surface area contributed by atoms with E-state index in [9.17, 15) is 8.42 Å². The molecule has 1 aromatic rings. The molecular formula is C10H13N3O2S. The maximum atomic E-state index is 11.5. The van der Waals surface area contributed by atoms with Gasteiger partial charge in [-0.2, -0.15) is 9.98 Å². The third-order valence-electron chi connectivity index (χ3n) is 1.92. The molecule has 0 spiro atoms. The number of sulfonamides is 1. The van der Waals surface area contributed by atoms with Crippen LogP contribution in [0.5, 0.6) is 0 Å². The van der Waals surface area contributed by atoms with Crippen LogP contribution in [0.25, 0.3) is 0 Å². The quantitative estimate of drug-likeness (QED) is 0.830. The zero-order chi connectivity index (χ0) is 12.0. The van der Waals surface area contributed by atoms with Gasteiger partial charge in [0.15, 0.2) is 0 Å². The van der Waals surface area contributed by atoms with Crippen LogP contribution in [-0.4, -0.2) is 19.2 Å². The van der Waals surface area contributed by atoms with Crippen LogP contribution >= 0.6 is 0 Å². The van der Waals surface area contributed by atoms with E-state index in [-0.39, 0.29) is 5.75 Å². The molecule has 16 heavy (non-hydrogen) atoms. The number of aromatic nitrogens is 1. The number of nitrogens with zero attached hydrogens (tertiary/aromatic N) is 2. The molecule has 1 heterocycles. The standard InChI is InChI=1S/C10H13N3O2S/c1-2-6-16(14,15)13-10(7-11)9-4-3-5-12-8-9/h3-5,8,10,13H,2,6H2,1H3. The first-order valence-corrected chi connectivity index (χ1v) is 6.54. The summed E-state index contributed by atoms with van der Waals surface area (Å²) in [5.74, 6) is 0.0193. The third-order valence-corrected chi connectivity index (χ3v) is 3.46. The molecule has 1 unspecified atom stereocenters. The molecule has 0 saturated carbocycles. The minimum Gasteiger partial charge on any atom is -0.264 e. The molecule has 0 amide bonds. The topological polar surface area (TPSA) is 82.9 Å². The van der Waals surface area contributed by atoms with Gasteiger partial charge in [-0.3, -0.25) is 4.98 Å². The number of hydrogen-bond acceptors (Lipinski definition) is 4. The molecule has 0 radical (unpaired) electrons. The molecule has 0 fully saturated rings. The predicted octanol–water partition coefficient (Wildman–Crippen LogP) is 0.976. The van der Waals surface area contributed by atoms with Crippen molar-refractivity contribution >= 4 is 10.0 Å². The minimum atomic E-state index is -3.39. The molecule has 1 aromatic heterocycles. The lowest BCUT2D eigenvalue weighted by molar-refractivity contribution is 0.574. The Morgan fingerprint density at radius 1 is 1.62 bits per heavy atom. The lowest BCUT2D eigenvalue weighted by Gasteiger charge is -2.11. The molecule has 86 valence electrons. The Morgan fingerprint density at radius 2 is 2.38 bits per heavy atom. The second kappa shape index (κ2) is 5.58. The van der Waals surface area contributed by atoms with Crippen molar-refractivity contribution in [3.8, 4) is 6.07 Å². The summed E-state index contributed by atoms with van der Waals surface area (Å²) >= 11 is 0. The van der Waals surface area contributed by atoms with Gasteiger partial charge in [0.25, 0.3) is 0 Å². The zero-order valence-corrected chi connectivity index (χ0v) is 9.74. The normalized spacial score (nSPS) is 13.0. The van der Waals surface area contributed by atoms with E-state index in [0.717, 1.165) is 0 Å². The van der Waals surface area contributed by atoms with Gasteiger partial charge in [-0.15, -0.1) is 0 Å². The monoisotopic (exact) mass is 239 g/mol. The highest BCUT2D eigenvalue weighted by Gasteiger charge is 2.18. The summed E-state index contributed by atoms with van der Waals surface area (Å²) in [4.78, 5) is 3.84. The van der Waals surface area contributed by atoms with Crippen LogP contribution in [0.2, 0.25) is 0 Å². The Hall–Kier alpha value is -1.45. The van der Waals surface area contributed by atoms with Crippen LogP contribution in [0.4, 0.5) is 0 Å². The number of pyridine rings is 1. The van der Waals surface area contributed by atoms with Gasteiger partial charge in [-0.25, -0.2) is 8.42 Å². The van der Waals surface area contributed by atoms with Crippen molar-refractivity contribution in [2.45, 2.75) is 19.4 Å². The van der Waals surface area contributed by atoms with Gasteiger partial charge < -0.3 is 0 Å². The van der Waals surface area contributed by atoms with E-state index in [1.165, 1.54) is 6.20 Å². The summed E-state index contributed by atoms with van der Waals surface area (Å²) in [7, 11) is -3.39. The van der Waals surface area contributed by atoms with Crippen LogP contribution in [-0.2, 0) is 10.0 Å². The molecule has 6 heteroatoms. The predicted molar refractivity (Wildman–Crippen MR) is 59.8 cm³/mol. The Kier molecular flexibility index (Phi) is 4.40. The molecular weight excluding hydrogens is 226 g/mol. The maximum Gasteiger partial charge on any atom is 0.213 e. The van der Waals surface area contributed by atoms with Crippen LogP contribution < -0.4 is 4.72 Å². The molecule has 0 aromatic carbocycles. The number of nitrogens with one attached hydrogen (secondary N) is 1. The van der Waals surface area contributed by atoms with Gasteiger partial charge >= 0.3 is 0 Å². The van der Waals surface area contributed by atoms with Crippen LogP contribution in [0.3, 0.4) is 0 Å². The fourth-order valence-electron chi connectivity index (χ4n) is 1.22. The summed E-state index contributed by atoms with van der Waals surface area (Å²) < 4.78 is 25.3. The Morgan fingerprint density at radius 3 is 2.88 bits per heavy atom. The second-order valence-corrected chi connectivity index (χ2v) is 5.16. The van der Waals surface area contributed by atoms with Crippen molar-refractivity contribution in [2.75, 3.05) is 5.75 Å². The van der Waals surface area contributed by atoms with Crippen molar-refractivity contribution in [1.82, 2.24) is 9.71 Å². The molecule has 1 atom stereocenters. The lowest BCUT2D eigenvalue weighted by atomic mass is 10.1. The van der Waals surface area contributed by atoms with Crippen molar-refractivity contribution < 1.29 is 8.42 Å². The van der Waals surface area contributed by atoms with Gasteiger partial charge in [-0.1, -0.05) is 13.0 Å². The van der Waals surface area contributed by atoms with E-state index in [1.54, 1.807) is 25.3 Å². The Bertz CT molecular complexity index is 465. The zero-order valence-electron chi connectivity index (χ0n) is 8.92. The fourth-order valence-corrected chi connectivity index (χ4v) is 2.43. The van der Waals surface area contributed by atoms with Crippen LogP contribution in [0.1, 0.15) is 24.9 Å². The summed E-state index contributed by atoms with van der Waals surface area (Å²) in [6.07, 6.45) is 3.56. The number of hydrogen-bond donors (Lipinski definition) is 1. The van der Waals surface area contributed by atoms with Gasteiger partial charge in [0.05, 0.1) is 11.8 Å². The third kappa shape index (κ3) is 3.61. The molecule has 0 bridgehead atoms. The molecule has 0 aliphatic heterocycles. The summed E-state index contributed by atoms with van der Waals surface area (Å²) in [5.41, 5.74) is 0.546. The second-order valence-electron chi connectivity index (χ2n) is 3.29. The molecule has 0 saturated heterocycles. The van der Waals surface area contributed by atoms with Crippen LogP contribution in [0, 0.1) is 11.3 Å². The molecule has 5 nitrogen and oxygen atoms in total. The Balaban J connectivity index is 2.83. The summed E-state index contributed by atoms with van der Waals surface area (Å²) in [6.45, 7) is 1.77. The number of nitriles is 1. The van der Waals surface area contributed by atoms with Crippen molar-refractivity contribution in [3.63, 3.8) is 0 Å². The van der Waals surface area contributed by atoms with Crippen molar-refractivity contribution in [3.05, 3.63) is 30.1 Å². The van der Waals surface area contributed by atoms with E-state index in [2.05, 4.69) is 9.71 Å². The van der Waals surface area contributed by atoms with E-state index in [0.29, 0.717) is 12.0 Å². The highest BCUT2D eigenvalue weighted by molar-refractivity contribution is 7.89. The van der Waals surface area contributed by atoms with Gasteiger partial charge in [0, 0.05) is 18.0 Å². The lowest BCUT2D eigenvalue weighted by Crippen LogP contribution is -2.29. The van der Waals surface area contributed by atoms with Gasteiger partial charge in [0.1, 0.15) is 6.04 Å². The van der Waals surface area contributed by atoms with Gasteiger partial charge in [0.2, 0.25) is 10.0 Å².